The Hall–Kier alpha value is -2.12. The number of carbonyl (C=O) groups is 1. The predicted octanol–water partition coefficient (Wildman–Crippen LogP) is 2.79. The molecule has 1 aromatic carbocycles. The number of nitrogens with one attached hydrogen (secondary N) is 1. The zero-order valence-corrected chi connectivity index (χ0v) is 12.6. The van der Waals surface area contributed by atoms with Crippen LogP contribution in [0.2, 0.25) is 5.02 Å². The quantitative estimate of drug-likeness (QED) is 0.802. The number of amides is 1. The summed E-state index contributed by atoms with van der Waals surface area (Å²) in [5.74, 6) is 0.425. The number of carbonyl (C=O) groups excluding carboxylic acids is 1. The second-order valence-corrected chi connectivity index (χ2v) is 5.69. The van der Waals surface area contributed by atoms with E-state index in [1.807, 2.05) is 0 Å². The van der Waals surface area contributed by atoms with Crippen LogP contribution >= 0.6 is 22.9 Å². The van der Waals surface area contributed by atoms with Crippen molar-refractivity contribution < 1.29 is 9.53 Å². The number of hydrogen-bond acceptors (Lipinski definition) is 5. The molecule has 1 N–H and O–H groups in total. The topological polar surface area (TPSA) is 69.0 Å². The van der Waals surface area contributed by atoms with Gasteiger partial charge < -0.3 is 14.6 Å². The standard InChI is InChI=1S/C13H11ClN4O2S/c1-20-10-5-11-9(4-8(10)14)16-13(21-11)17-12(19)6-18-3-2-15-7-18/h2-5,7H,6H2,1H3,(H,16,17,19). The lowest BCUT2D eigenvalue weighted by molar-refractivity contribution is -0.116. The molecule has 6 nitrogen and oxygen atoms in total. The molecule has 108 valence electrons. The van der Waals surface area contributed by atoms with E-state index >= 15 is 0 Å². The third kappa shape index (κ3) is 2.98. The third-order valence-electron chi connectivity index (χ3n) is 2.79. The Balaban J connectivity index is 1.79. The summed E-state index contributed by atoms with van der Waals surface area (Å²) in [6, 6.07) is 3.53. The average Bonchev–Trinajstić information content (AvgIpc) is 3.06. The van der Waals surface area contributed by atoms with Gasteiger partial charge >= 0.3 is 0 Å². The molecule has 3 aromatic rings. The number of benzene rings is 1. The van der Waals surface area contributed by atoms with Crippen molar-refractivity contribution in [1.29, 1.82) is 0 Å². The highest BCUT2D eigenvalue weighted by Crippen LogP contribution is 2.34. The van der Waals surface area contributed by atoms with Gasteiger partial charge in [0.15, 0.2) is 5.13 Å². The van der Waals surface area contributed by atoms with Gasteiger partial charge in [0, 0.05) is 18.5 Å². The number of fused-ring (bicyclic) bond motifs is 1. The number of hydrogen-bond donors (Lipinski definition) is 1. The molecule has 0 aliphatic heterocycles. The first kappa shape index (κ1) is 13.8. The number of halogens is 1. The molecule has 0 bridgehead atoms. The largest absolute Gasteiger partial charge is 0.495 e. The van der Waals surface area contributed by atoms with Crippen LogP contribution in [-0.2, 0) is 11.3 Å². The molecule has 0 radical (unpaired) electrons. The number of anilines is 1. The van der Waals surface area contributed by atoms with Crippen molar-refractivity contribution in [3.63, 3.8) is 0 Å². The second-order valence-electron chi connectivity index (χ2n) is 4.26. The van der Waals surface area contributed by atoms with Crippen LogP contribution in [0.1, 0.15) is 0 Å². The first-order chi connectivity index (χ1) is 10.2. The molecule has 0 spiro atoms. The fraction of sp³-hybridized carbons (Fsp3) is 0.154. The Bertz CT molecular complexity index is 785. The molecule has 0 saturated heterocycles. The van der Waals surface area contributed by atoms with E-state index < -0.39 is 0 Å². The summed E-state index contributed by atoms with van der Waals surface area (Å²) in [5, 5.41) is 3.78. The van der Waals surface area contributed by atoms with E-state index in [9.17, 15) is 4.79 Å². The van der Waals surface area contributed by atoms with Gasteiger partial charge in [0.2, 0.25) is 5.91 Å². The summed E-state index contributed by atoms with van der Waals surface area (Å²) < 4.78 is 7.74. The van der Waals surface area contributed by atoms with Crippen molar-refractivity contribution in [2.24, 2.45) is 0 Å². The summed E-state index contributed by atoms with van der Waals surface area (Å²) in [4.78, 5) is 20.1. The second kappa shape index (κ2) is 5.71. The SMILES string of the molecule is COc1cc2sc(NC(=O)Cn3ccnc3)nc2cc1Cl. The Morgan fingerprint density at radius 1 is 1.52 bits per heavy atom. The molecule has 0 aliphatic rings. The zero-order chi connectivity index (χ0) is 14.8. The summed E-state index contributed by atoms with van der Waals surface area (Å²) in [7, 11) is 1.56. The number of nitrogens with zero attached hydrogens (tertiary/aromatic N) is 3. The van der Waals surface area contributed by atoms with E-state index in [-0.39, 0.29) is 12.5 Å². The van der Waals surface area contributed by atoms with Crippen LogP contribution in [0.15, 0.2) is 30.9 Å². The lowest BCUT2D eigenvalue weighted by Gasteiger charge is -2.01. The molecule has 2 heterocycles. The van der Waals surface area contributed by atoms with E-state index in [0.717, 1.165) is 10.2 Å². The number of methoxy groups -OCH3 is 1. The van der Waals surface area contributed by atoms with Gasteiger partial charge in [0.25, 0.3) is 0 Å². The molecular formula is C13H11ClN4O2S. The van der Waals surface area contributed by atoms with Gasteiger partial charge in [-0.2, -0.15) is 0 Å². The molecule has 2 aromatic heterocycles. The molecule has 0 unspecified atom stereocenters. The third-order valence-corrected chi connectivity index (χ3v) is 4.02. The maximum atomic E-state index is 11.9. The minimum absolute atomic E-state index is 0.162. The van der Waals surface area contributed by atoms with Crippen molar-refractivity contribution in [3.05, 3.63) is 35.9 Å². The Kier molecular flexibility index (Phi) is 3.76. The molecule has 21 heavy (non-hydrogen) atoms. The first-order valence-electron chi connectivity index (χ1n) is 6.05. The lowest BCUT2D eigenvalue weighted by Crippen LogP contribution is -2.17. The fourth-order valence-corrected chi connectivity index (χ4v) is 2.97. The highest BCUT2D eigenvalue weighted by molar-refractivity contribution is 7.22. The van der Waals surface area contributed by atoms with Crippen LogP contribution in [0.5, 0.6) is 5.75 Å². The Morgan fingerprint density at radius 2 is 2.38 bits per heavy atom. The van der Waals surface area contributed by atoms with Crippen molar-refractivity contribution in [1.82, 2.24) is 14.5 Å². The van der Waals surface area contributed by atoms with E-state index in [4.69, 9.17) is 16.3 Å². The highest BCUT2D eigenvalue weighted by Gasteiger charge is 2.11. The van der Waals surface area contributed by atoms with Crippen LogP contribution < -0.4 is 10.1 Å². The summed E-state index contributed by atoms with van der Waals surface area (Å²) >= 11 is 7.43. The monoisotopic (exact) mass is 322 g/mol. The van der Waals surface area contributed by atoms with Gasteiger partial charge in [-0.1, -0.05) is 22.9 Å². The van der Waals surface area contributed by atoms with Crippen molar-refractivity contribution in [3.8, 4) is 5.75 Å². The minimum Gasteiger partial charge on any atom is -0.495 e. The van der Waals surface area contributed by atoms with Crippen LogP contribution in [0, 0.1) is 0 Å². The van der Waals surface area contributed by atoms with Crippen molar-refractivity contribution in [2.45, 2.75) is 6.54 Å². The summed E-state index contributed by atoms with van der Waals surface area (Å²) in [5.41, 5.74) is 0.726. The average molecular weight is 323 g/mol. The van der Waals surface area contributed by atoms with Gasteiger partial charge in [-0.15, -0.1) is 0 Å². The molecule has 1 amide bonds. The van der Waals surface area contributed by atoms with Gasteiger partial charge in [0.05, 0.1) is 28.7 Å². The first-order valence-corrected chi connectivity index (χ1v) is 7.25. The molecule has 8 heteroatoms. The fourth-order valence-electron chi connectivity index (χ4n) is 1.84. The number of ether oxygens (including phenoxy) is 1. The summed E-state index contributed by atoms with van der Waals surface area (Å²) in [6.45, 7) is 0.194. The Morgan fingerprint density at radius 3 is 3.10 bits per heavy atom. The number of rotatable bonds is 4. The van der Waals surface area contributed by atoms with Crippen LogP contribution in [0.3, 0.4) is 0 Å². The van der Waals surface area contributed by atoms with Crippen molar-refractivity contribution in [2.75, 3.05) is 12.4 Å². The van der Waals surface area contributed by atoms with Crippen molar-refractivity contribution >= 4 is 44.2 Å². The highest BCUT2D eigenvalue weighted by atomic mass is 35.5. The molecule has 3 rings (SSSR count). The molecular weight excluding hydrogens is 312 g/mol. The maximum absolute atomic E-state index is 11.9. The molecule has 0 fully saturated rings. The van der Waals surface area contributed by atoms with Gasteiger partial charge in [-0.05, 0) is 6.07 Å². The molecule has 0 aliphatic carbocycles. The van der Waals surface area contributed by atoms with E-state index in [1.54, 1.807) is 42.5 Å². The predicted molar refractivity (Wildman–Crippen MR) is 82.0 cm³/mol. The summed E-state index contributed by atoms with van der Waals surface area (Å²) in [6.07, 6.45) is 4.93. The van der Waals surface area contributed by atoms with Gasteiger partial charge in [0.1, 0.15) is 12.3 Å². The van der Waals surface area contributed by atoms with E-state index in [1.165, 1.54) is 11.3 Å². The molecule has 0 saturated carbocycles. The van der Waals surface area contributed by atoms with Crippen LogP contribution in [-0.4, -0.2) is 27.6 Å². The smallest absolute Gasteiger partial charge is 0.246 e. The minimum atomic E-state index is -0.162. The number of imidazole rings is 1. The van der Waals surface area contributed by atoms with Gasteiger partial charge in [-0.3, -0.25) is 4.79 Å². The van der Waals surface area contributed by atoms with Crippen LogP contribution in [0.4, 0.5) is 5.13 Å². The van der Waals surface area contributed by atoms with Crippen LogP contribution in [0.25, 0.3) is 10.2 Å². The zero-order valence-electron chi connectivity index (χ0n) is 11.0. The maximum Gasteiger partial charge on any atom is 0.246 e. The Labute approximate surface area is 129 Å². The number of aromatic nitrogens is 3. The van der Waals surface area contributed by atoms with E-state index in [2.05, 4.69) is 15.3 Å². The van der Waals surface area contributed by atoms with Gasteiger partial charge in [-0.25, -0.2) is 9.97 Å². The van der Waals surface area contributed by atoms with E-state index in [0.29, 0.717) is 15.9 Å². The molecule has 0 atom stereocenters. The number of thiazole rings is 1. The lowest BCUT2D eigenvalue weighted by atomic mass is 10.3. The normalized spacial score (nSPS) is 10.8.